The fraction of sp³-hybridized carbons (Fsp3) is 0.889. The predicted octanol–water partition coefficient (Wildman–Crippen LogP) is 2.35. The van der Waals surface area contributed by atoms with E-state index in [9.17, 15) is 9.59 Å². The highest BCUT2D eigenvalue weighted by molar-refractivity contribution is 5.83. The van der Waals surface area contributed by atoms with E-state index in [2.05, 4.69) is 5.32 Å². The lowest BCUT2D eigenvalue weighted by Gasteiger charge is -2.20. The molecule has 24 heavy (non-hydrogen) atoms. The number of ether oxygens (including phenoxy) is 3. The van der Waals surface area contributed by atoms with Crippen LogP contribution in [0.25, 0.3) is 0 Å². The van der Waals surface area contributed by atoms with Gasteiger partial charge in [0.25, 0.3) is 0 Å². The van der Waals surface area contributed by atoms with E-state index in [0.717, 1.165) is 0 Å². The van der Waals surface area contributed by atoms with Crippen molar-refractivity contribution in [1.29, 1.82) is 0 Å². The summed E-state index contributed by atoms with van der Waals surface area (Å²) >= 11 is 0. The SMILES string of the molecule is CC(C)(C)NC(=O)CCOCCOCCOCCC(=O)C(C)(C)C. The summed E-state index contributed by atoms with van der Waals surface area (Å²) < 4.78 is 16.1. The molecule has 0 aromatic heterocycles. The van der Waals surface area contributed by atoms with E-state index >= 15 is 0 Å². The molecule has 142 valence electrons. The Bertz CT molecular complexity index is 369. The van der Waals surface area contributed by atoms with Gasteiger partial charge in [0.15, 0.2) is 0 Å². The summed E-state index contributed by atoms with van der Waals surface area (Å²) in [5, 5.41) is 2.88. The Balaban J connectivity index is 3.35. The van der Waals surface area contributed by atoms with E-state index in [-0.39, 0.29) is 22.6 Å². The van der Waals surface area contributed by atoms with Crippen LogP contribution >= 0.6 is 0 Å². The smallest absolute Gasteiger partial charge is 0.222 e. The molecule has 0 unspecified atom stereocenters. The van der Waals surface area contributed by atoms with Crippen molar-refractivity contribution in [3.05, 3.63) is 0 Å². The van der Waals surface area contributed by atoms with Crippen molar-refractivity contribution in [3.63, 3.8) is 0 Å². The minimum Gasteiger partial charge on any atom is -0.379 e. The van der Waals surface area contributed by atoms with Crippen molar-refractivity contribution < 1.29 is 23.8 Å². The number of nitrogens with one attached hydrogen (secondary N) is 1. The number of carbonyl (C=O) groups is 2. The molecule has 0 rings (SSSR count). The number of Topliss-reactive ketones (excluding diaryl/α,β-unsaturated/α-hetero) is 1. The molecular formula is C18H35NO5. The summed E-state index contributed by atoms with van der Waals surface area (Å²) in [6, 6.07) is 0. The number of rotatable bonds is 12. The molecule has 0 aliphatic heterocycles. The summed E-state index contributed by atoms with van der Waals surface area (Å²) in [7, 11) is 0. The van der Waals surface area contributed by atoms with Gasteiger partial charge in [0.2, 0.25) is 5.91 Å². The minimum absolute atomic E-state index is 0.0124. The molecule has 0 aliphatic rings. The zero-order chi connectivity index (χ0) is 18.6. The third-order valence-corrected chi connectivity index (χ3v) is 3.04. The summed E-state index contributed by atoms with van der Waals surface area (Å²) in [5.41, 5.74) is -0.515. The zero-order valence-electron chi connectivity index (χ0n) is 16.2. The molecule has 0 radical (unpaired) electrons. The van der Waals surface area contributed by atoms with Crippen LogP contribution in [0.5, 0.6) is 0 Å². The molecule has 0 atom stereocenters. The summed E-state index contributed by atoms with van der Waals surface area (Å²) in [5.74, 6) is 0.189. The lowest BCUT2D eigenvalue weighted by molar-refractivity contribution is -0.127. The molecule has 0 heterocycles. The van der Waals surface area contributed by atoms with E-state index in [4.69, 9.17) is 14.2 Å². The number of carbonyl (C=O) groups excluding carboxylic acids is 2. The second-order valence-corrected chi connectivity index (χ2v) is 7.81. The van der Waals surface area contributed by atoms with Crippen LogP contribution in [-0.2, 0) is 23.8 Å². The quantitative estimate of drug-likeness (QED) is 0.550. The first-order chi connectivity index (χ1) is 11.0. The monoisotopic (exact) mass is 345 g/mol. The molecular weight excluding hydrogens is 310 g/mol. The largest absolute Gasteiger partial charge is 0.379 e. The second-order valence-electron chi connectivity index (χ2n) is 7.81. The molecule has 0 aliphatic carbocycles. The Morgan fingerprint density at radius 3 is 1.54 bits per heavy atom. The Morgan fingerprint density at radius 1 is 0.708 bits per heavy atom. The van der Waals surface area contributed by atoms with Crippen LogP contribution in [0.15, 0.2) is 0 Å². The van der Waals surface area contributed by atoms with Crippen LogP contribution in [-0.4, -0.2) is 56.9 Å². The zero-order valence-corrected chi connectivity index (χ0v) is 16.2. The summed E-state index contributed by atoms with van der Waals surface area (Å²) in [6.07, 6.45) is 0.783. The molecule has 6 heteroatoms. The van der Waals surface area contributed by atoms with Gasteiger partial charge >= 0.3 is 0 Å². The highest BCUT2D eigenvalue weighted by atomic mass is 16.5. The van der Waals surface area contributed by atoms with Crippen molar-refractivity contribution in [2.75, 3.05) is 39.6 Å². The van der Waals surface area contributed by atoms with Gasteiger partial charge in [0.1, 0.15) is 5.78 Å². The maximum atomic E-state index is 11.7. The highest BCUT2D eigenvalue weighted by Crippen LogP contribution is 2.16. The Morgan fingerprint density at radius 2 is 1.12 bits per heavy atom. The molecule has 0 aromatic rings. The summed E-state index contributed by atoms with van der Waals surface area (Å²) in [6.45, 7) is 14.2. The average Bonchev–Trinajstić information content (AvgIpc) is 2.41. The van der Waals surface area contributed by atoms with Gasteiger partial charge in [0.05, 0.1) is 39.6 Å². The first kappa shape index (κ1) is 23.0. The lowest BCUT2D eigenvalue weighted by atomic mass is 9.89. The van der Waals surface area contributed by atoms with E-state index < -0.39 is 0 Å². The van der Waals surface area contributed by atoms with Gasteiger partial charge in [-0.1, -0.05) is 20.8 Å². The van der Waals surface area contributed by atoms with Gasteiger partial charge in [-0.15, -0.1) is 0 Å². The molecule has 0 saturated heterocycles. The maximum Gasteiger partial charge on any atom is 0.222 e. The maximum absolute atomic E-state index is 11.7. The van der Waals surface area contributed by atoms with Gasteiger partial charge in [-0.2, -0.15) is 0 Å². The third-order valence-electron chi connectivity index (χ3n) is 3.04. The first-order valence-corrected chi connectivity index (χ1v) is 8.60. The molecule has 0 fully saturated rings. The normalized spacial score (nSPS) is 12.2. The minimum atomic E-state index is -0.305. The Hall–Kier alpha value is -0.980. The van der Waals surface area contributed by atoms with Gasteiger partial charge in [-0.25, -0.2) is 0 Å². The van der Waals surface area contributed by atoms with Crippen molar-refractivity contribution in [2.45, 2.75) is 59.9 Å². The number of ketones is 1. The van der Waals surface area contributed by atoms with Crippen LogP contribution in [0, 0.1) is 5.41 Å². The summed E-state index contributed by atoms with van der Waals surface area (Å²) in [4.78, 5) is 23.2. The molecule has 1 amide bonds. The molecule has 0 saturated carbocycles. The van der Waals surface area contributed by atoms with Crippen LogP contribution in [0.4, 0.5) is 0 Å². The Labute approximate surface area is 146 Å². The van der Waals surface area contributed by atoms with Crippen molar-refractivity contribution in [1.82, 2.24) is 5.32 Å². The predicted molar refractivity (Wildman–Crippen MR) is 94.0 cm³/mol. The highest BCUT2D eigenvalue weighted by Gasteiger charge is 2.20. The van der Waals surface area contributed by atoms with Crippen LogP contribution < -0.4 is 5.32 Å². The van der Waals surface area contributed by atoms with Crippen molar-refractivity contribution >= 4 is 11.7 Å². The van der Waals surface area contributed by atoms with E-state index in [1.54, 1.807) is 0 Å². The lowest BCUT2D eigenvalue weighted by Crippen LogP contribution is -2.40. The topological polar surface area (TPSA) is 73.9 Å². The average molecular weight is 345 g/mol. The van der Waals surface area contributed by atoms with E-state index in [1.807, 2.05) is 41.5 Å². The molecule has 1 N–H and O–H groups in total. The number of hydrogen-bond donors (Lipinski definition) is 1. The van der Waals surface area contributed by atoms with Gasteiger partial charge < -0.3 is 19.5 Å². The molecule has 0 bridgehead atoms. The second kappa shape index (κ2) is 11.6. The first-order valence-electron chi connectivity index (χ1n) is 8.60. The van der Waals surface area contributed by atoms with Gasteiger partial charge in [-0.3, -0.25) is 9.59 Å². The van der Waals surface area contributed by atoms with Gasteiger partial charge in [0, 0.05) is 23.8 Å². The molecule has 6 nitrogen and oxygen atoms in total. The molecule has 0 aromatic carbocycles. The van der Waals surface area contributed by atoms with Crippen molar-refractivity contribution in [2.24, 2.45) is 5.41 Å². The number of hydrogen-bond acceptors (Lipinski definition) is 5. The van der Waals surface area contributed by atoms with Crippen LogP contribution in [0.2, 0.25) is 0 Å². The third kappa shape index (κ3) is 14.6. The van der Waals surface area contributed by atoms with Crippen LogP contribution in [0.3, 0.4) is 0 Å². The molecule has 0 spiro atoms. The fourth-order valence-electron chi connectivity index (χ4n) is 1.73. The Kier molecular flexibility index (Phi) is 11.1. The van der Waals surface area contributed by atoms with Gasteiger partial charge in [-0.05, 0) is 20.8 Å². The fourth-order valence-corrected chi connectivity index (χ4v) is 1.73. The van der Waals surface area contributed by atoms with Crippen molar-refractivity contribution in [3.8, 4) is 0 Å². The number of amides is 1. The van der Waals surface area contributed by atoms with E-state index in [1.165, 1.54) is 0 Å². The van der Waals surface area contributed by atoms with E-state index in [0.29, 0.717) is 52.5 Å². The standard InChI is InChI=1S/C18H35NO5/c1-17(2,3)15(20)7-9-22-11-13-24-14-12-23-10-8-16(21)19-18(4,5)6/h7-14H2,1-6H3,(H,19,21). The van der Waals surface area contributed by atoms with Crippen LogP contribution in [0.1, 0.15) is 54.4 Å².